The van der Waals surface area contributed by atoms with Gasteiger partial charge >= 0.3 is 0 Å². The summed E-state index contributed by atoms with van der Waals surface area (Å²) in [5.74, 6) is 0. The van der Waals surface area contributed by atoms with Crippen LogP contribution in [0.4, 0.5) is 5.69 Å². The van der Waals surface area contributed by atoms with Crippen molar-refractivity contribution in [2.75, 3.05) is 11.0 Å². The molecule has 0 aliphatic carbocycles. The smallest absolute Gasteiger partial charge is 0.229 e. The fourth-order valence-electron chi connectivity index (χ4n) is 2.11. The molecule has 0 amide bonds. The summed E-state index contributed by atoms with van der Waals surface area (Å²) in [7, 11) is -3.27. The van der Waals surface area contributed by atoms with Crippen LogP contribution in [0.5, 0.6) is 0 Å². The van der Waals surface area contributed by atoms with Crippen LogP contribution >= 0.6 is 11.3 Å². The van der Waals surface area contributed by atoms with Gasteiger partial charge in [-0.05, 0) is 43.2 Å². The zero-order valence-electron chi connectivity index (χ0n) is 11.9. The largest absolute Gasteiger partial charge is 0.283 e. The second-order valence-corrected chi connectivity index (χ2v) is 7.95. The van der Waals surface area contributed by atoms with Gasteiger partial charge in [0.1, 0.15) is 0 Å². The standard InChI is InChI=1S/C15H19NO2S2/c1-4-5-12-7-8-14(16-20(3,17)18)13(10-12)15-9-6-11(2)19-15/h6-10,16H,4-5H2,1-3H3. The number of thiophene rings is 1. The van der Waals surface area contributed by atoms with Gasteiger partial charge < -0.3 is 0 Å². The molecule has 1 heterocycles. The molecular formula is C15H19NO2S2. The number of anilines is 1. The molecule has 0 aliphatic rings. The van der Waals surface area contributed by atoms with E-state index in [0.29, 0.717) is 5.69 Å². The minimum absolute atomic E-state index is 0.647. The second kappa shape index (κ2) is 5.97. The van der Waals surface area contributed by atoms with Crippen LogP contribution in [-0.2, 0) is 16.4 Å². The van der Waals surface area contributed by atoms with E-state index in [1.807, 2.05) is 25.1 Å². The Morgan fingerprint density at radius 2 is 1.95 bits per heavy atom. The van der Waals surface area contributed by atoms with Crippen LogP contribution in [0.15, 0.2) is 30.3 Å². The molecule has 0 radical (unpaired) electrons. The van der Waals surface area contributed by atoms with Crippen LogP contribution < -0.4 is 4.72 Å². The van der Waals surface area contributed by atoms with Crippen molar-refractivity contribution in [1.29, 1.82) is 0 Å². The van der Waals surface area contributed by atoms with E-state index in [9.17, 15) is 8.42 Å². The maximum Gasteiger partial charge on any atom is 0.229 e. The number of benzene rings is 1. The van der Waals surface area contributed by atoms with Gasteiger partial charge in [-0.2, -0.15) is 0 Å². The summed E-state index contributed by atoms with van der Waals surface area (Å²) in [4.78, 5) is 2.30. The number of sulfonamides is 1. The number of hydrogen-bond donors (Lipinski definition) is 1. The lowest BCUT2D eigenvalue weighted by Gasteiger charge is -2.11. The van der Waals surface area contributed by atoms with Crippen molar-refractivity contribution in [3.05, 3.63) is 40.8 Å². The van der Waals surface area contributed by atoms with Gasteiger partial charge in [0.2, 0.25) is 10.0 Å². The van der Waals surface area contributed by atoms with Crippen LogP contribution in [-0.4, -0.2) is 14.7 Å². The maximum absolute atomic E-state index is 11.5. The molecule has 1 aromatic carbocycles. The van der Waals surface area contributed by atoms with E-state index < -0.39 is 10.0 Å². The van der Waals surface area contributed by atoms with Gasteiger partial charge in [0.05, 0.1) is 11.9 Å². The van der Waals surface area contributed by atoms with Gasteiger partial charge in [0.25, 0.3) is 0 Å². The van der Waals surface area contributed by atoms with Crippen LogP contribution in [0.25, 0.3) is 10.4 Å². The molecule has 0 saturated heterocycles. The van der Waals surface area contributed by atoms with E-state index in [4.69, 9.17) is 0 Å². The molecular weight excluding hydrogens is 290 g/mol. The fourth-order valence-corrected chi connectivity index (χ4v) is 3.58. The fraction of sp³-hybridized carbons (Fsp3) is 0.333. The van der Waals surface area contributed by atoms with E-state index in [1.165, 1.54) is 16.7 Å². The Hall–Kier alpha value is -1.33. The minimum Gasteiger partial charge on any atom is -0.283 e. The molecule has 20 heavy (non-hydrogen) atoms. The van der Waals surface area contributed by atoms with Gasteiger partial charge in [0.15, 0.2) is 0 Å². The summed E-state index contributed by atoms with van der Waals surface area (Å²) in [6.07, 6.45) is 3.24. The first-order valence-electron chi connectivity index (χ1n) is 6.56. The maximum atomic E-state index is 11.5. The molecule has 2 rings (SSSR count). The third-order valence-corrected chi connectivity index (χ3v) is 4.55. The predicted molar refractivity (Wildman–Crippen MR) is 87.0 cm³/mol. The van der Waals surface area contributed by atoms with E-state index in [2.05, 4.69) is 23.8 Å². The number of aryl methyl sites for hydroxylation is 2. The highest BCUT2D eigenvalue weighted by Crippen LogP contribution is 2.34. The highest BCUT2D eigenvalue weighted by molar-refractivity contribution is 7.92. The molecule has 0 saturated carbocycles. The first-order chi connectivity index (χ1) is 9.39. The Morgan fingerprint density at radius 3 is 2.50 bits per heavy atom. The Balaban J connectivity index is 2.50. The third kappa shape index (κ3) is 3.84. The lowest BCUT2D eigenvalue weighted by molar-refractivity contribution is 0.607. The summed E-state index contributed by atoms with van der Waals surface area (Å²) >= 11 is 1.67. The van der Waals surface area contributed by atoms with Gasteiger partial charge in [-0.15, -0.1) is 11.3 Å². The van der Waals surface area contributed by atoms with E-state index in [1.54, 1.807) is 11.3 Å². The first-order valence-corrected chi connectivity index (χ1v) is 9.27. The normalized spacial score (nSPS) is 11.6. The molecule has 2 aromatic rings. The lowest BCUT2D eigenvalue weighted by atomic mass is 10.0. The lowest BCUT2D eigenvalue weighted by Crippen LogP contribution is -2.10. The first kappa shape index (κ1) is 15.1. The number of nitrogens with one attached hydrogen (secondary N) is 1. The van der Waals surface area contributed by atoms with Crippen molar-refractivity contribution in [2.24, 2.45) is 0 Å². The molecule has 0 fully saturated rings. The third-order valence-electron chi connectivity index (χ3n) is 2.92. The predicted octanol–water partition coefficient (Wildman–Crippen LogP) is 4.05. The average molecular weight is 309 g/mol. The quantitative estimate of drug-likeness (QED) is 0.905. The second-order valence-electron chi connectivity index (χ2n) is 4.91. The molecule has 1 N–H and O–H groups in total. The molecule has 0 spiro atoms. The van der Waals surface area contributed by atoms with Crippen molar-refractivity contribution in [3.63, 3.8) is 0 Å². The van der Waals surface area contributed by atoms with E-state index in [0.717, 1.165) is 23.3 Å². The number of rotatable bonds is 5. The summed E-state index contributed by atoms with van der Waals surface area (Å²) in [5, 5.41) is 0. The van der Waals surface area contributed by atoms with Crippen LogP contribution in [0, 0.1) is 6.92 Å². The summed E-state index contributed by atoms with van der Waals surface area (Å²) in [5.41, 5.74) is 2.83. The van der Waals surface area contributed by atoms with Gasteiger partial charge in [-0.3, -0.25) is 4.72 Å². The molecule has 0 unspecified atom stereocenters. The number of hydrogen-bond acceptors (Lipinski definition) is 3. The highest BCUT2D eigenvalue weighted by Gasteiger charge is 2.11. The van der Waals surface area contributed by atoms with E-state index in [-0.39, 0.29) is 0 Å². The van der Waals surface area contributed by atoms with Gasteiger partial charge in [-0.1, -0.05) is 19.4 Å². The molecule has 1 aromatic heterocycles. The average Bonchev–Trinajstić information content (AvgIpc) is 2.76. The highest BCUT2D eigenvalue weighted by atomic mass is 32.2. The molecule has 0 bridgehead atoms. The monoisotopic (exact) mass is 309 g/mol. The summed E-state index contributed by atoms with van der Waals surface area (Å²) in [6, 6.07) is 10.0. The SMILES string of the molecule is CCCc1ccc(NS(C)(=O)=O)c(-c2ccc(C)s2)c1. The molecule has 108 valence electrons. The zero-order valence-corrected chi connectivity index (χ0v) is 13.6. The Labute approximate surface area is 124 Å². The molecule has 0 atom stereocenters. The summed E-state index contributed by atoms with van der Waals surface area (Å²) < 4.78 is 25.6. The Morgan fingerprint density at radius 1 is 1.20 bits per heavy atom. The van der Waals surface area contributed by atoms with E-state index >= 15 is 0 Å². The van der Waals surface area contributed by atoms with Gasteiger partial charge in [0, 0.05) is 15.3 Å². The summed E-state index contributed by atoms with van der Waals surface area (Å²) in [6.45, 7) is 4.19. The Bertz CT molecular complexity index is 702. The van der Waals surface area contributed by atoms with Crippen molar-refractivity contribution in [2.45, 2.75) is 26.7 Å². The molecule has 0 aliphatic heterocycles. The van der Waals surface area contributed by atoms with Crippen LogP contribution in [0.3, 0.4) is 0 Å². The Kier molecular flexibility index (Phi) is 4.50. The van der Waals surface area contributed by atoms with Crippen molar-refractivity contribution < 1.29 is 8.42 Å². The van der Waals surface area contributed by atoms with Crippen LogP contribution in [0.1, 0.15) is 23.8 Å². The van der Waals surface area contributed by atoms with Crippen LogP contribution in [0.2, 0.25) is 0 Å². The van der Waals surface area contributed by atoms with Crippen molar-refractivity contribution in [1.82, 2.24) is 0 Å². The van der Waals surface area contributed by atoms with Crippen molar-refractivity contribution >= 4 is 27.0 Å². The molecule has 5 heteroatoms. The topological polar surface area (TPSA) is 46.2 Å². The molecule has 3 nitrogen and oxygen atoms in total. The zero-order chi connectivity index (χ0) is 14.8. The van der Waals surface area contributed by atoms with Crippen molar-refractivity contribution in [3.8, 4) is 10.4 Å². The minimum atomic E-state index is -3.27. The van der Waals surface area contributed by atoms with Gasteiger partial charge in [-0.25, -0.2) is 8.42 Å².